The van der Waals surface area contributed by atoms with Crippen molar-refractivity contribution in [1.29, 1.82) is 5.26 Å². The van der Waals surface area contributed by atoms with Gasteiger partial charge in [-0.1, -0.05) is 231 Å². The van der Waals surface area contributed by atoms with Gasteiger partial charge in [0.25, 0.3) is 0 Å². The third-order valence-electron chi connectivity index (χ3n) is 17.5. The number of nitrogens with zero attached hydrogens (tertiary/aromatic N) is 5. The lowest BCUT2D eigenvalue weighted by atomic mass is 9.89. The maximum atomic E-state index is 10.5. The van der Waals surface area contributed by atoms with Crippen LogP contribution in [0.25, 0.3) is 64.6 Å². The number of hydrogen-bond acceptors (Lipinski definition) is 5. The highest BCUT2D eigenvalue weighted by Gasteiger charge is 2.29. The van der Waals surface area contributed by atoms with Gasteiger partial charge in [0.1, 0.15) is 0 Å². The zero-order chi connectivity index (χ0) is 60.7. The SMILES string of the molecule is C[Si](C)(C)c1cc(N(c2ccccc2)c2ccccc2)c2ccc3ccc(N(c4ccccc4)c4ccccc4)c4ccc1c2c34.N#Cc1cc(N(c2ccccc2)c2ccccc2)c2ccc3ccc(N(c4ccccc4)c4ccccc4)c4ccc1c2c34. The van der Waals surface area contributed by atoms with Crippen LogP contribution in [-0.4, -0.2) is 8.07 Å². The molecule has 0 saturated carbocycles. The van der Waals surface area contributed by atoms with Gasteiger partial charge in [0.2, 0.25) is 0 Å². The first-order valence-corrected chi connectivity index (χ1v) is 34.3. The Morgan fingerprint density at radius 2 is 0.489 bits per heavy atom. The first-order chi connectivity index (χ1) is 44.3. The molecule has 428 valence electrons. The average molecular weight is 1170 g/mol. The van der Waals surface area contributed by atoms with Gasteiger partial charge in [-0.3, -0.25) is 0 Å². The third-order valence-corrected chi connectivity index (χ3v) is 19.5. The molecule has 0 aliphatic carbocycles. The monoisotopic (exact) mass is 1170 g/mol. The summed E-state index contributed by atoms with van der Waals surface area (Å²) in [6.45, 7) is 7.41. The molecule has 0 amide bonds. The lowest BCUT2D eigenvalue weighted by molar-refractivity contribution is 1.29. The molecule has 0 spiro atoms. The molecule has 6 heteroatoms. The fraction of sp³-hybridized carbons (Fsp3) is 0.0357. The Bertz CT molecular complexity index is 5060. The molecule has 0 bridgehead atoms. The Balaban J connectivity index is 0.000000150. The molecule has 16 aromatic carbocycles. The van der Waals surface area contributed by atoms with Crippen molar-refractivity contribution in [1.82, 2.24) is 0 Å². The molecule has 0 atom stereocenters. The van der Waals surface area contributed by atoms with Gasteiger partial charge in [0.05, 0.1) is 42.5 Å². The largest absolute Gasteiger partial charge is 0.310 e. The summed E-state index contributed by atoms with van der Waals surface area (Å²) in [5.41, 5.74) is 14.0. The minimum absolute atomic E-state index is 0.659. The van der Waals surface area contributed by atoms with Crippen LogP contribution in [0.3, 0.4) is 0 Å². The zero-order valence-electron chi connectivity index (χ0n) is 50.4. The zero-order valence-corrected chi connectivity index (χ0v) is 51.4. The Morgan fingerprint density at radius 3 is 0.800 bits per heavy atom. The van der Waals surface area contributed by atoms with E-state index in [0.717, 1.165) is 89.2 Å². The summed E-state index contributed by atoms with van der Waals surface area (Å²) in [5, 5.41) is 26.4. The van der Waals surface area contributed by atoms with Crippen LogP contribution < -0.4 is 24.8 Å². The summed E-state index contributed by atoms with van der Waals surface area (Å²) in [7, 11) is -1.78. The summed E-state index contributed by atoms with van der Waals surface area (Å²) in [6.07, 6.45) is 0. The van der Waals surface area contributed by atoms with E-state index < -0.39 is 8.07 Å². The van der Waals surface area contributed by atoms with E-state index in [9.17, 15) is 5.26 Å². The minimum Gasteiger partial charge on any atom is -0.310 e. The second-order valence-corrected chi connectivity index (χ2v) is 29.0. The molecule has 0 unspecified atom stereocenters. The van der Waals surface area contributed by atoms with Crippen LogP contribution >= 0.6 is 0 Å². The first kappa shape index (κ1) is 55.1. The summed E-state index contributed by atoms with van der Waals surface area (Å²) in [6, 6.07) is 119. The average Bonchev–Trinajstić information content (AvgIpc) is 0.749. The van der Waals surface area contributed by atoms with Crippen LogP contribution in [0.4, 0.5) is 68.2 Å². The Kier molecular flexibility index (Phi) is 14.3. The molecule has 0 heterocycles. The van der Waals surface area contributed by atoms with Gasteiger partial charge < -0.3 is 19.6 Å². The maximum absolute atomic E-state index is 10.5. The summed E-state index contributed by atoms with van der Waals surface area (Å²) in [5.74, 6) is 0. The number of hydrogen-bond donors (Lipinski definition) is 0. The Labute approximate surface area is 526 Å². The van der Waals surface area contributed by atoms with Crippen LogP contribution in [0.1, 0.15) is 5.56 Å². The normalized spacial score (nSPS) is 11.5. The second-order valence-electron chi connectivity index (χ2n) is 23.9. The van der Waals surface area contributed by atoms with E-state index in [1.165, 1.54) is 48.9 Å². The van der Waals surface area contributed by atoms with Gasteiger partial charge in [0, 0.05) is 77.8 Å². The molecular formula is C84H63N5Si. The van der Waals surface area contributed by atoms with E-state index in [1.807, 2.05) is 30.3 Å². The van der Waals surface area contributed by atoms with Gasteiger partial charge in [-0.25, -0.2) is 0 Å². The van der Waals surface area contributed by atoms with Gasteiger partial charge in [0.15, 0.2) is 0 Å². The van der Waals surface area contributed by atoms with Gasteiger partial charge in [-0.05, 0) is 154 Å². The van der Waals surface area contributed by atoms with E-state index >= 15 is 0 Å². The number of nitriles is 1. The molecule has 0 aliphatic heterocycles. The van der Waals surface area contributed by atoms with Crippen molar-refractivity contribution in [2.24, 2.45) is 0 Å². The lowest BCUT2D eigenvalue weighted by Gasteiger charge is -2.31. The highest BCUT2D eigenvalue weighted by atomic mass is 28.3. The molecule has 0 aromatic heterocycles. The van der Waals surface area contributed by atoms with Gasteiger partial charge in [-0.15, -0.1) is 0 Å². The number of anilines is 12. The molecule has 0 saturated heterocycles. The topological polar surface area (TPSA) is 36.8 Å². The minimum atomic E-state index is -1.78. The number of benzene rings is 16. The fourth-order valence-electron chi connectivity index (χ4n) is 13.5. The Hall–Kier alpha value is -11.5. The van der Waals surface area contributed by atoms with Crippen molar-refractivity contribution in [3.63, 3.8) is 0 Å². The molecule has 0 radical (unpaired) electrons. The van der Waals surface area contributed by atoms with Crippen molar-refractivity contribution in [3.05, 3.63) is 333 Å². The smallest absolute Gasteiger partial charge is 0.0998 e. The number of rotatable bonds is 13. The van der Waals surface area contributed by atoms with Gasteiger partial charge in [-0.2, -0.15) is 5.26 Å². The first-order valence-electron chi connectivity index (χ1n) is 30.8. The van der Waals surface area contributed by atoms with E-state index in [0.29, 0.717) is 5.56 Å². The highest BCUT2D eigenvalue weighted by Crippen LogP contribution is 2.50. The summed E-state index contributed by atoms with van der Waals surface area (Å²) in [4.78, 5) is 9.41. The molecule has 16 rings (SSSR count). The Morgan fingerprint density at radius 1 is 0.244 bits per heavy atom. The van der Waals surface area contributed by atoms with Crippen molar-refractivity contribution >= 4 is 146 Å². The van der Waals surface area contributed by atoms with Crippen LogP contribution in [0, 0.1) is 11.3 Å². The summed E-state index contributed by atoms with van der Waals surface area (Å²) >= 11 is 0. The molecule has 16 aromatic rings. The molecule has 0 fully saturated rings. The van der Waals surface area contributed by atoms with Crippen LogP contribution in [0.2, 0.25) is 19.6 Å². The van der Waals surface area contributed by atoms with E-state index in [4.69, 9.17) is 0 Å². The predicted molar refractivity (Wildman–Crippen MR) is 387 cm³/mol. The van der Waals surface area contributed by atoms with Crippen molar-refractivity contribution in [3.8, 4) is 6.07 Å². The highest BCUT2D eigenvalue weighted by molar-refractivity contribution is 6.90. The molecule has 0 N–H and O–H groups in total. The maximum Gasteiger partial charge on any atom is 0.0998 e. The lowest BCUT2D eigenvalue weighted by Crippen LogP contribution is -2.38. The quantitative estimate of drug-likeness (QED) is 0.0849. The predicted octanol–water partition coefficient (Wildman–Crippen LogP) is 23.5. The van der Waals surface area contributed by atoms with E-state index in [1.54, 1.807) is 0 Å². The van der Waals surface area contributed by atoms with Crippen LogP contribution in [0.5, 0.6) is 0 Å². The van der Waals surface area contributed by atoms with Crippen LogP contribution in [0.15, 0.2) is 328 Å². The fourth-order valence-corrected chi connectivity index (χ4v) is 15.1. The molecule has 0 aliphatic rings. The molecule has 90 heavy (non-hydrogen) atoms. The third kappa shape index (κ3) is 9.84. The van der Waals surface area contributed by atoms with E-state index in [-0.39, 0.29) is 0 Å². The van der Waals surface area contributed by atoms with Crippen molar-refractivity contribution in [2.75, 3.05) is 19.6 Å². The van der Waals surface area contributed by atoms with Crippen molar-refractivity contribution in [2.45, 2.75) is 19.6 Å². The molecule has 5 nitrogen and oxygen atoms in total. The number of para-hydroxylation sites is 8. The van der Waals surface area contributed by atoms with Crippen LogP contribution in [-0.2, 0) is 0 Å². The van der Waals surface area contributed by atoms with Gasteiger partial charge >= 0.3 is 0 Å². The summed E-state index contributed by atoms with van der Waals surface area (Å²) < 4.78 is 0. The second kappa shape index (κ2) is 23.3. The standard InChI is InChI=1S/C43H36N2Si.C41H27N3/c1-46(2,3)41-30-40(45(34-20-12-6-13-21-34)35-22-14-7-15-23-35)37-26-24-31-25-29-39(36-27-28-38(41)43(37)42(31)36)44(32-16-8-4-9-17-32)33-18-10-5-11-19-33;42-28-30-27-39(44(33-17-9-3-10-18-33)34-19-11-4-12-20-34)37-23-21-29-22-26-38(36-25-24-35(30)41(37)40(29)36)43(31-13-5-1-6-14-31)32-15-7-2-8-16-32/h4-30H,1-3H3;1-27H. The van der Waals surface area contributed by atoms with E-state index in [2.05, 4.69) is 343 Å². The van der Waals surface area contributed by atoms with Crippen molar-refractivity contribution < 1.29 is 0 Å². The molecular weight excluding hydrogens is 1110 g/mol.